The molecule has 2 aliphatic rings. The maximum absolute atomic E-state index is 13.9. The van der Waals surface area contributed by atoms with Crippen molar-refractivity contribution in [1.82, 2.24) is 10.3 Å². The van der Waals surface area contributed by atoms with Gasteiger partial charge in [-0.15, -0.1) is 0 Å². The van der Waals surface area contributed by atoms with E-state index >= 15 is 0 Å². The lowest BCUT2D eigenvalue weighted by molar-refractivity contribution is 0.255. The van der Waals surface area contributed by atoms with Crippen LogP contribution in [0.1, 0.15) is 24.8 Å². The average Bonchev–Trinajstić information content (AvgIpc) is 3.42. The van der Waals surface area contributed by atoms with Crippen LogP contribution in [-0.4, -0.2) is 28.3 Å². The lowest BCUT2D eigenvalue weighted by Crippen LogP contribution is -2.42. The largest absolute Gasteiger partial charge is 0.458 e. The second-order valence-electron chi connectivity index (χ2n) is 9.12. The molecule has 0 saturated heterocycles. The Bertz CT molecular complexity index is 1510. The average molecular weight is 501 g/mol. The third-order valence-corrected chi connectivity index (χ3v) is 8.80. The van der Waals surface area contributed by atoms with Crippen molar-refractivity contribution < 1.29 is 14.3 Å². The Hall–Kier alpha value is -3.95. The number of nitrogens with two attached hydrogens (primary N) is 1. The van der Waals surface area contributed by atoms with Crippen LogP contribution < -0.4 is 26.4 Å². The van der Waals surface area contributed by atoms with Gasteiger partial charge in [0.05, 0.1) is 11.3 Å². The molecule has 0 spiro atoms. The van der Waals surface area contributed by atoms with Crippen molar-refractivity contribution in [3.05, 3.63) is 66.4 Å². The van der Waals surface area contributed by atoms with E-state index in [2.05, 4.69) is 20.9 Å². The predicted molar refractivity (Wildman–Crippen MR) is 143 cm³/mol. The number of hydrogen-bond donors (Lipinski definition) is 4. The van der Waals surface area contributed by atoms with Gasteiger partial charge in [0, 0.05) is 18.3 Å². The molecular weight excluding hydrogens is 474 g/mol. The number of ether oxygens (including phenoxy) is 1. The first-order chi connectivity index (χ1) is 17.5. The minimum atomic E-state index is -1.11. The van der Waals surface area contributed by atoms with E-state index in [4.69, 9.17) is 10.5 Å². The van der Waals surface area contributed by atoms with E-state index in [1.165, 1.54) is 0 Å². The Balaban J connectivity index is 1.56. The van der Waals surface area contributed by atoms with Crippen LogP contribution in [0.15, 0.2) is 60.8 Å². The molecule has 3 heterocycles. The quantitative estimate of drug-likeness (QED) is 0.245. The van der Waals surface area contributed by atoms with E-state index in [0.29, 0.717) is 26.8 Å². The normalized spacial score (nSPS) is 19.1. The zero-order chi connectivity index (χ0) is 24.8. The second-order valence-corrected chi connectivity index (χ2v) is 10.9. The maximum atomic E-state index is 13.9. The summed E-state index contributed by atoms with van der Waals surface area (Å²) in [5, 5.41) is 9.56. The first-order valence-corrected chi connectivity index (χ1v) is 13.2. The van der Waals surface area contributed by atoms with Crippen molar-refractivity contribution in [2.24, 2.45) is 5.73 Å². The van der Waals surface area contributed by atoms with Crippen LogP contribution in [-0.2, 0) is 0 Å². The summed E-state index contributed by atoms with van der Waals surface area (Å²) in [5.41, 5.74) is 9.22. The molecule has 2 aromatic carbocycles. The number of pyridine rings is 1. The summed E-state index contributed by atoms with van der Waals surface area (Å²) in [6, 6.07) is 16.6. The number of hydrogen-bond acceptors (Lipinski definition) is 5. The van der Waals surface area contributed by atoms with Crippen LogP contribution in [0, 0.1) is 6.92 Å². The number of urea groups is 1. The molecule has 1 saturated carbocycles. The molecule has 36 heavy (non-hydrogen) atoms. The highest BCUT2D eigenvalue weighted by Gasteiger charge is 2.42. The predicted octanol–water partition coefficient (Wildman–Crippen LogP) is 6.15. The van der Waals surface area contributed by atoms with E-state index in [9.17, 15) is 9.59 Å². The van der Waals surface area contributed by atoms with Crippen molar-refractivity contribution in [1.29, 1.82) is 0 Å². The van der Waals surface area contributed by atoms with Gasteiger partial charge in [-0.2, -0.15) is 0 Å². The van der Waals surface area contributed by atoms with Crippen molar-refractivity contribution in [2.45, 2.75) is 38.3 Å². The molecule has 1 aliphatic heterocycles. The molecule has 6 rings (SSSR count). The number of amides is 3. The fourth-order valence-corrected chi connectivity index (χ4v) is 7.13. The molecule has 1 aliphatic carbocycles. The molecule has 8 nitrogen and oxygen atoms in total. The number of para-hydroxylation sites is 2. The highest BCUT2D eigenvalue weighted by molar-refractivity contribution is 7.58. The fraction of sp³-hybridized carbons (Fsp3) is 0.222. The number of rotatable bonds is 5. The molecule has 0 radical (unpaired) electrons. The van der Waals surface area contributed by atoms with Crippen molar-refractivity contribution >= 4 is 43.3 Å². The molecule has 5 N–H and O–H groups in total. The van der Waals surface area contributed by atoms with Gasteiger partial charge in [0.15, 0.2) is 0 Å². The Morgan fingerprint density at radius 1 is 1.08 bits per heavy atom. The number of carbonyl (C=O) groups excluding carboxylic acids is 2. The van der Waals surface area contributed by atoms with Crippen molar-refractivity contribution in [3.63, 3.8) is 0 Å². The number of anilines is 2. The lowest BCUT2D eigenvalue weighted by Gasteiger charge is -2.16. The lowest BCUT2D eigenvalue weighted by atomic mass is 10.1. The zero-order valence-corrected chi connectivity index (χ0v) is 20.5. The third-order valence-electron chi connectivity index (χ3n) is 6.78. The summed E-state index contributed by atoms with van der Waals surface area (Å²) in [5.74, 6) is 1.32. The number of carbonyl (C=O) groups is 2. The first-order valence-electron chi connectivity index (χ1n) is 12.0. The molecule has 9 heteroatoms. The van der Waals surface area contributed by atoms with Gasteiger partial charge in [-0.1, -0.05) is 30.3 Å². The van der Waals surface area contributed by atoms with Gasteiger partial charge in [0.25, 0.3) is 4.83 Å². The van der Waals surface area contributed by atoms with Crippen LogP contribution in [0.3, 0.4) is 0 Å². The Morgan fingerprint density at radius 3 is 2.64 bits per heavy atom. The summed E-state index contributed by atoms with van der Waals surface area (Å²) in [4.78, 5) is 32.4. The number of thiophene rings is 1. The summed E-state index contributed by atoms with van der Waals surface area (Å²) in [7, 11) is -1.11. The number of nitrogens with zero attached hydrogens (tertiary/aromatic N) is 1. The Labute approximate surface area is 210 Å². The molecule has 0 bridgehead atoms. The Kier molecular flexibility index (Phi) is 5.58. The summed E-state index contributed by atoms with van der Waals surface area (Å²) in [6.45, 7) is 1.98. The van der Waals surface area contributed by atoms with Crippen molar-refractivity contribution in [3.8, 4) is 21.9 Å². The molecule has 2 aromatic heterocycles. The minimum Gasteiger partial charge on any atom is -0.456 e. The van der Waals surface area contributed by atoms with Crippen LogP contribution in [0.25, 0.3) is 20.7 Å². The molecule has 3 atom stereocenters. The fourth-order valence-electron chi connectivity index (χ4n) is 4.98. The van der Waals surface area contributed by atoms with Gasteiger partial charge >= 0.3 is 11.3 Å². The van der Waals surface area contributed by atoms with E-state index in [1.807, 2.05) is 55.5 Å². The van der Waals surface area contributed by atoms with Gasteiger partial charge in [0.1, 0.15) is 33.0 Å². The molecule has 1 fully saturated rings. The molecular formula is C27H26N5O3S+. The van der Waals surface area contributed by atoms with Crippen LogP contribution in [0.4, 0.5) is 21.0 Å². The van der Waals surface area contributed by atoms with E-state index in [-0.39, 0.29) is 23.4 Å². The highest BCUT2D eigenvalue weighted by atomic mass is 32.2. The second kappa shape index (κ2) is 8.92. The minimum absolute atomic E-state index is 0.0699. The summed E-state index contributed by atoms with van der Waals surface area (Å²) in [6.07, 6.45) is 4.35. The molecule has 1 unspecified atom stereocenters. The number of aryl methyl sites for hydroxylation is 1. The van der Waals surface area contributed by atoms with E-state index in [1.54, 1.807) is 12.3 Å². The Morgan fingerprint density at radius 2 is 1.86 bits per heavy atom. The molecule has 182 valence electrons. The summed E-state index contributed by atoms with van der Waals surface area (Å²) < 4.78 is 6.37. The van der Waals surface area contributed by atoms with Crippen LogP contribution in [0.2, 0.25) is 0 Å². The maximum Gasteiger partial charge on any atom is 0.458 e. The topological polar surface area (TPSA) is 118 Å². The standard InChI is InChI=1S/C27H25N5O3S/c1-15-7-2-4-11-20(15)35-21-12-5-3-8-16(21)24-23-22-19(30-26(33)32-23)13-14-29-25(22)36(24)27(34)31-18-10-6-9-17(18)28/h2-5,7-8,11-14,17-18H,6,9-10,28H2,1H3,(H2-,29,30,31,32,33,34)/p+1/t17-,18-,36?/m0/s1. The SMILES string of the molecule is Cc1ccccc1Oc1ccccc1-c1c2c3c(ccnc3[s+]1C(=O)N[C@H]1CCC[C@@H]1N)NC(=O)N2. The zero-order valence-electron chi connectivity index (χ0n) is 19.7. The van der Waals surface area contributed by atoms with Crippen LogP contribution in [0.5, 0.6) is 11.5 Å². The molecule has 4 aromatic rings. The molecule has 3 amide bonds. The number of benzene rings is 2. The van der Waals surface area contributed by atoms with Gasteiger partial charge in [-0.25, -0.2) is 14.6 Å². The smallest absolute Gasteiger partial charge is 0.456 e. The first kappa shape index (κ1) is 22.5. The van der Waals surface area contributed by atoms with Gasteiger partial charge in [-0.3, -0.25) is 0 Å². The summed E-state index contributed by atoms with van der Waals surface area (Å²) >= 11 is 0. The van der Waals surface area contributed by atoms with E-state index < -0.39 is 10.5 Å². The third kappa shape index (κ3) is 3.77. The van der Waals surface area contributed by atoms with Crippen molar-refractivity contribution in [2.75, 3.05) is 10.6 Å². The van der Waals surface area contributed by atoms with Gasteiger partial charge in [-0.05, 0) is 56.0 Å². The van der Waals surface area contributed by atoms with Gasteiger partial charge in [0.2, 0.25) is 4.88 Å². The monoisotopic (exact) mass is 500 g/mol. The van der Waals surface area contributed by atoms with E-state index in [0.717, 1.165) is 41.5 Å². The highest BCUT2D eigenvalue weighted by Crippen LogP contribution is 2.55. The number of nitrogens with one attached hydrogen (secondary N) is 3. The number of aromatic nitrogens is 1. The van der Waals surface area contributed by atoms with Crippen LogP contribution >= 0.6 is 10.5 Å². The van der Waals surface area contributed by atoms with Gasteiger partial charge < -0.3 is 26.4 Å².